The predicted molar refractivity (Wildman–Crippen MR) is 93.8 cm³/mol. The van der Waals surface area contributed by atoms with E-state index in [1.807, 2.05) is 6.07 Å². The molecule has 26 heavy (non-hydrogen) atoms. The van der Waals surface area contributed by atoms with Crippen LogP contribution in [0.4, 0.5) is 21.7 Å². The van der Waals surface area contributed by atoms with Crippen LogP contribution in [-0.2, 0) is 0 Å². The van der Waals surface area contributed by atoms with Crippen molar-refractivity contribution >= 4 is 23.3 Å². The van der Waals surface area contributed by atoms with E-state index in [-0.39, 0.29) is 28.8 Å². The summed E-state index contributed by atoms with van der Waals surface area (Å²) in [6.45, 7) is 0. The molecule has 0 spiro atoms. The van der Waals surface area contributed by atoms with Gasteiger partial charge in [0, 0.05) is 11.1 Å². The number of hydrogen-bond donors (Lipinski definition) is 4. The van der Waals surface area contributed by atoms with Crippen LogP contribution in [0.15, 0.2) is 23.2 Å². The maximum Gasteiger partial charge on any atom is 0.211 e. The Hall–Kier alpha value is -4.29. The Balaban J connectivity index is 2.29. The van der Waals surface area contributed by atoms with E-state index in [1.54, 1.807) is 12.3 Å². The molecular weight excluding hydrogens is 335 g/mol. The van der Waals surface area contributed by atoms with Crippen molar-refractivity contribution < 1.29 is 4.39 Å². The molecule has 6 N–H and O–H groups in total. The lowest BCUT2D eigenvalue weighted by molar-refractivity contribution is 0.623. The third-order valence-corrected chi connectivity index (χ3v) is 3.76. The molecule has 0 bridgehead atoms. The van der Waals surface area contributed by atoms with Crippen molar-refractivity contribution in [1.82, 2.24) is 10.3 Å². The first-order chi connectivity index (χ1) is 12.5. The first-order valence-electron chi connectivity index (χ1n) is 7.24. The molecule has 0 saturated carbocycles. The fourth-order valence-corrected chi connectivity index (χ4v) is 2.68. The minimum Gasteiger partial charge on any atom is -0.397 e. The molecule has 2 heterocycles. The molecule has 1 aromatic heterocycles. The molecule has 1 atom stereocenters. The third kappa shape index (κ3) is 2.68. The van der Waals surface area contributed by atoms with E-state index in [0.29, 0.717) is 16.7 Å². The van der Waals surface area contributed by atoms with E-state index in [1.165, 1.54) is 12.1 Å². The predicted octanol–water partition coefficient (Wildman–Crippen LogP) is 1.18. The average Bonchev–Trinajstić information content (AvgIpc) is 2.60. The van der Waals surface area contributed by atoms with E-state index in [2.05, 4.69) is 26.5 Å². The van der Waals surface area contributed by atoms with Crippen molar-refractivity contribution in [3.63, 3.8) is 0 Å². The lowest BCUT2D eigenvalue weighted by atomic mass is 9.94. The third-order valence-electron chi connectivity index (χ3n) is 3.76. The van der Waals surface area contributed by atoms with Crippen LogP contribution in [0.25, 0.3) is 0 Å². The number of fused-ring (bicyclic) bond motifs is 1. The van der Waals surface area contributed by atoms with E-state index in [4.69, 9.17) is 23.2 Å². The van der Waals surface area contributed by atoms with Gasteiger partial charge in [-0.05, 0) is 23.8 Å². The summed E-state index contributed by atoms with van der Waals surface area (Å²) < 4.78 is 14.0. The van der Waals surface area contributed by atoms with Gasteiger partial charge in [-0.25, -0.2) is 14.4 Å². The minimum absolute atomic E-state index is 0.00369. The number of pyridine rings is 1. The lowest BCUT2D eigenvalue weighted by Crippen LogP contribution is -2.32. The second-order valence-corrected chi connectivity index (χ2v) is 5.32. The van der Waals surface area contributed by atoms with E-state index in [9.17, 15) is 9.65 Å². The average molecular weight is 346 g/mol. The molecule has 126 valence electrons. The number of nitrogens with zero attached hydrogens (tertiary/aromatic N) is 4. The number of nitriles is 2. The molecule has 1 aliphatic heterocycles. The maximum absolute atomic E-state index is 14.0. The SMILES string of the molecule is C#Cc1cc(F)cc(C2N=C(NC#N)Nc3nc(N)c(C#N)c(N)c32)c1. The quantitative estimate of drug-likeness (QED) is 0.344. The van der Waals surface area contributed by atoms with Crippen LogP contribution in [0, 0.1) is 40.9 Å². The Bertz CT molecular complexity index is 1070. The Morgan fingerprint density at radius 1 is 1.27 bits per heavy atom. The van der Waals surface area contributed by atoms with Crippen LogP contribution >= 0.6 is 0 Å². The van der Waals surface area contributed by atoms with Gasteiger partial charge < -0.3 is 16.8 Å². The first-order valence-corrected chi connectivity index (χ1v) is 7.24. The second-order valence-electron chi connectivity index (χ2n) is 5.32. The van der Waals surface area contributed by atoms with Gasteiger partial charge >= 0.3 is 0 Å². The van der Waals surface area contributed by atoms with Gasteiger partial charge in [0.15, 0.2) is 6.19 Å². The summed E-state index contributed by atoms with van der Waals surface area (Å²) in [5, 5.41) is 23.3. The number of hydrogen-bond acceptors (Lipinski definition) is 8. The summed E-state index contributed by atoms with van der Waals surface area (Å²) in [5.74, 6) is 2.03. The largest absolute Gasteiger partial charge is 0.397 e. The first kappa shape index (κ1) is 16.6. The highest BCUT2D eigenvalue weighted by Crippen LogP contribution is 2.40. The Morgan fingerprint density at radius 2 is 2.04 bits per heavy atom. The van der Waals surface area contributed by atoms with Crippen LogP contribution in [0.2, 0.25) is 0 Å². The van der Waals surface area contributed by atoms with Crippen LogP contribution in [0.1, 0.15) is 28.3 Å². The number of nitrogens with one attached hydrogen (secondary N) is 2. The molecule has 3 rings (SSSR count). The zero-order valence-corrected chi connectivity index (χ0v) is 13.2. The highest BCUT2D eigenvalue weighted by molar-refractivity contribution is 5.98. The highest BCUT2D eigenvalue weighted by Gasteiger charge is 2.30. The summed E-state index contributed by atoms with van der Waals surface area (Å²) in [6, 6.07) is 5.07. The number of aliphatic imine (C=N–C) groups is 1. The molecule has 1 unspecified atom stereocenters. The number of terminal acetylenes is 1. The fourth-order valence-electron chi connectivity index (χ4n) is 2.68. The molecule has 2 aromatic rings. The summed E-state index contributed by atoms with van der Waals surface area (Å²) in [6.07, 6.45) is 7.10. The number of guanidine groups is 1. The summed E-state index contributed by atoms with van der Waals surface area (Å²) in [5.41, 5.74) is 13.0. The van der Waals surface area contributed by atoms with Crippen molar-refractivity contribution in [1.29, 1.82) is 10.5 Å². The Morgan fingerprint density at radius 3 is 2.69 bits per heavy atom. The molecule has 8 nitrogen and oxygen atoms in total. The van der Waals surface area contributed by atoms with Gasteiger partial charge in [0.1, 0.15) is 35.1 Å². The zero-order chi connectivity index (χ0) is 18.8. The van der Waals surface area contributed by atoms with Gasteiger partial charge in [-0.1, -0.05) is 5.92 Å². The van der Waals surface area contributed by atoms with Gasteiger partial charge in [-0.3, -0.25) is 5.32 Å². The normalized spacial score (nSPS) is 14.7. The van der Waals surface area contributed by atoms with Crippen LogP contribution in [-0.4, -0.2) is 10.9 Å². The zero-order valence-electron chi connectivity index (χ0n) is 13.2. The van der Waals surface area contributed by atoms with Gasteiger partial charge in [0.05, 0.1) is 5.69 Å². The molecule has 1 aliphatic rings. The Labute approximate surface area is 148 Å². The van der Waals surface area contributed by atoms with E-state index >= 15 is 0 Å². The molecule has 1 aromatic carbocycles. The monoisotopic (exact) mass is 346 g/mol. The van der Waals surface area contributed by atoms with Crippen molar-refractivity contribution in [3.05, 3.63) is 46.3 Å². The highest BCUT2D eigenvalue weighted by atomic mass is 19.1. The number of rotatable bonds is 1. The number of benzene rings is 1. The molecular formula is C17H11FN8. The topological polar surface area (TPSA) is 149 Å². The van der Waals surface area contributed by atoms with Gasteiger partial charge in [-0.15, -0.1) is 6.42 Å². The molecule has 0 amide bonds. The number of nitrogen functional groups attached to an aromatic ring is 2. The molecule has 0 radical (unpaired) electrons. The van der Waals surface area contributed by atoms with Crippen molar-refractivity contribution in [3.8, 4) is 24.6 Å². The summed E-state index contributed by atoms with van der Waals surface area (Å²) >= 11 is 0. The maximum atomic E-state index is 14.0. The van der Waals surface area contributed by atoms with Crippen LogP contribution in [0.3, 0.4) is 0 Å². The Kier molecular flexibility index (Phi) is 4.02. The lowest BCUT2D eigenvalue weighted by Gasteiger charge is -2.26. The van der Waals surface area contributed by atoms with Crippen molar-refractivity contribution in [2.45, 2.75) is 6.04 Å². The molecule has 0 fully saturated rings. The van der Waals surface area contributed by atoms with Gasteiger partial charge in [0.25, 0.3) is 0 Å². The minimum atomic E-state index is -0.843. The molecule has 0 aliphatic carbocycles. The van der Waals surface area contributed by atoms with E-state index in [0.717, 1.165) is 0 Å². The van der Waals surface area contributed by atoms with E-state index < -0.39 is 11.9 Å². The standard InChI is InChI=1S/C17H11FN8/c1-2-8-3-9(5-10(18)4-8)14-12-13(21)11(6-19)15(22)25-16(12)26-17(24-14)23-7-20/h1,3-5,14H,(H6,21,22,23,24,25,26). The number of aromatic nitrogens is 1. The number of halogens is 1. The van der Waals surface area contributed by atoms with Crippen LogP contribution in [0.5, 0.6) is 0 Å². The fraction of sp³-hybridized carbons (Fsp3) is 0.0588. The molecule has 9 heteroatoms. The van der Waals surface area contributed by atoms with Crippen molar-refractivity contribution in [2.75, 3.05) is 16.8 Å². The smallest absolute Gasteiger partial charge is 0.211 e. The second kappa shape index (κ2) is 6.31. The summed E-state index contributed by atoms with van der Waals surface area (Å²) in [4.78, 5) is 8.45. The van der Waals surface area contributed by atoms with Crippen molar-refractivity contribution in [2.24, 2.45) is 4.99 Å². The number of nitrogens with two attached hydrogens (primary N) is 2. The van der Waals surface area contributed by atoms with Crippen LogP contribution < -0.4 is 22.1 Å². The molecule has 0 saturated heterocycles. The van der Waals surface area contributed by atoms with Gasteiger partial charge in [0.2, 0.25) is 5.96 Å². The number of anilines is 3. The van der Waals surface area contributed by atoms with Gasteiger partial charge in [-0.2, -0.15) is 10.5 Å². The summed E-state index contributed by atoms with van der Waals surface area (Å²) in [7, 11) is 0.